The Labute approximate surface area is 86.1 Å². The van der Waals surface area contributed by atoms with E-state index < -0.39 is 0 Å². The minimum absolute atomic E-state index is 0.820. The summed E-state index contributed by atoms with van der Waals surface area (Å²) in [7, 11) is 0. The molecule has 0 amide bonds. The second-order valence-electron chi connectivity index (χ2n) is 2.83. The molecule has 0 fully saturated rings. The quantitative estimate of drug-likeness (QED) is 0.830. The van der Waals surface area contributed by atoms with Crippen molar-refractivity contribution < 1.29 is 0 Å². The maximum Gasteiger partial charge on any atom is 0.196 e. The molecule has 0 atom stereocenters. The maximum atomic E-state index is 4.20. The van der Waals surface area contributed by atoms with Crippen molar-refractivity contribution in [3.63, 3.8) is 0 Å². The highest BCUT2D eigenvalue weighted by Gasteiger charge is 2.07. The van der Waals surface area contributed by atoms with Gasteiger partial charge in [0, 0.05) is 18.9 Å². The molecule has 5 nitrogen and oxygen atoms in total. The zero-order valence-corrected chi connectivity index (χ0v) is 8.66. The second-order valence-corrected chi connectivity index (χ2v) is 3.36. The van der Waals surface area contributed by atoms with Crippen LogP contribution in [0.1, 0.15) is 13.3 Å². The molecule has 2 aromatic heterocycles. The van der Waals surface area contributed by atoms with Gasteiger partial charge in [-0.2, -0.15) is 8.75 Å². The van der Waals surface area contributed by atoms with Crippen molar-refractivity contribution in [3.05, 3.63) is 18.7 Å². The lowest BCUT2D eigenvalue weighted by molar-refractivity contribution is 0.957. The van der Waals surface area contributed by atoms with Crippen molar-refractivity contribution in [2.75, 3.05) is 11.9 Å². The van der Waals surface area contributed by atoms with E-state index in [2.05, 4.69) is 26.0 Å². The highest BCUT2D eigenvalue weighted by atomic mass is 32.1. The third-order valence-corrected chi connectivity index (χ3v) is 2.28. The number of hydrogen-bond donors (Lipinski definition) is 1. The van der Waals surface area contributed by atoms with Crippen LogP contribution in [0.15, 0.2) is 18.7 Å². The summed E-state index contributed by atoms with van der Waals surface area (Å²) in [6.07, 6.45) is 6.37. The minimum Gasteiger partial charge on any atom is -0.366 e. The normalized spacial score (nSPS) is 10.4. The van der Waals surface area contributed by atoms with Crippen LogP contribution in [0.2, 0.25) is 0 Å². The number of hydrogen-bond acceptors (Lipinski definition) is 5. The first-order chi connectivity index (χ1) is 6.92. The van der Waals surface area contributed by atoms with Gasteiger partial charge in [-0.3, -0.25) is 4.57 Å². The van der Waals surface area contributed by atoms with Crippen molar-refractivity contribution >= 4 is 17.5 Å². The SMILES string of the molecule is CCCNc1nsnc1-n1ccnc1. The van der Waals surface area contributed by atoms with Gasteiger partial charge in [0.05, 0.1) is 11.7 Å². The van der Waals surface area contributed by atoms with E-state index in [1.807, 2.05) is 10.8 Å². The van der Waals surface area contributed by atoms with Crippen LogP contribution in [0.4, 0.5) is 5.82 Å². The fourth-order valence-electron chi connectivity index (χ4n) is 1.09. The van der Waals surface area contributed by atoms with Crippen molar-refractivity contribution in [3.8, 4) is 5.82 Å². The molecule has 0 radical (unpaired) electrons. The number of nitrogens with one attached hydrogen (secondary N) is 1. The number of imidazole rings is 1. The number of rotatable bonds is 4. The standard InChI is InChI=1S/C8H11N5S/c1-2-3-10-7-8(12-14-11-7)13-5-4-9-6-13/h4-6H,2-3H2,1H3,(H,10,11). The van der Waals surface area contributed by atoms with Crippen LogP contribution in [-0.2, 0) is 0 Å². The Morgan fingerprint density at radius 3 is 3.14 bits per heavy atom. The lowest BCUT2D eigenvalue weighted by atomic mass is 10.5. The molecule has 0 aromatic carbocycles. The molecule has 0 saturated carbocycles. The van der Waals surface area contributed by atoms with Crippen molar-refractivity contribution in [2.45, 2.75) is 13.3 Å². The van der Waals surface area contributed by atoms with Crippen LogP contribution in [0, 0.1) is 0 Å². The molecule has 0 unspecified atom stereocenters. The van der Waals surface area contributed by atoms with E-state index >= 15 is 0 Å². The summed E-state index contributed by atoms with van der Waals surface area (Å²) in [6, 6.07) is 0. The van der Waals surface area contributed by atoms with Gasteiger partial charge in [0.25, 0.3) is 0 Å². The van der Waals surface area contributed by atoms with Crippen LogP contribution >= 0.6 is 11.7 Å². The van der Waals surface area contributed by atoms with Gasteiger partial charge in [0.15, 0.2) is 11.6 Å². The molecular weight excluding hydrogens is 198 g/mol. The van der Waals surface area contributed by atoms with Gasteiger partial charge in [-0.15, -0.1) is 0 Å². The Morgan fingerprint density at radius 2 is 2.43 bits per heavy atom. The second kappa shape index (κ2) is 4.19. The summed E-state index contributed by atoms with van der Waals surface area (Å²) >= 11 is 1.20. The van der Waals surface area contributed by atoms with E-state index in [4.69, 9.17) is 0 Å². The summed E-state index contributed by atoms with van der Waals surface area (Å²) in [5.74, 6) is 1.65. The van der Waals surface area contributed by atoms with Gasteiger partial charge in [-0.05, 0) is 6.42 Å². The van der Waals surface area contributed by atoms with Gasteiger partial charge < -0.3 is 5.32 Å². The fraction of sp³-hybridized carbons (Fsp3) is 0.375. The Morgan fingerprint density at radius 1 is 1.50 bits per heavy atom. The number of anilines is 1. The monoisotopic (exact) mass is 209 g/mol. The molecule has 2 rings (SSSR count). The molecule has 0 aliphatic heterocycles. The van der Waals surface area contributed by atoms with Gasteiger partial charge in [-0.25, -0.2) is 4.98 Å². The molecule has 0 aliphatic carbocycles. The summed E-state index contributed by atoms with van der Waals surface area (Å²) in [5.41, 5.74) is 0. The van der Waals surface area contributed by atoms with Crippen molar-refractivity contribution in [1.29, 1.82) is 0 Å². The topological polar surface area (TPSA) is 55.6 Å². The Hall–Kier alpha value is -1.43. The molecule has 0 aliphatic rings. The van der Waals surface area contributed by atoms with Crippen LogP contribution in [0.25, 0.3) is 5.82 Å². The lowest BCUT2D eigenvalue weighted by Gasteiger charge is -2.02. The van der Waals surface area contributed by atoms with Gasteiger partial charge >= 0.3 is 0 Å². The maximum absolute atomic E-state index is 4.20. The van der Waals surface area contributed by atoms with E-state index in [-0.39, 0.29) is 0 Å². The van der Waals surface area contributed by atoms with Crippen molar-refractivity contribution in [2.24, 2.45) is 0 Å². The summed E-state index contributed by atoms with van der Waals surface area (Å²) in [4.78, 5) is 3.97. The lowest BCUT2D eigenvalue weighted by Crippen LogP contribution is -2.03. The minimum atomic E-state index is 0.820. The summed E-state index contributed by atoms with van der Waals surface area (Å²) in [5, 5.41) is 3.22. The smallest absolute Gasteiger partial charge is 0.196 e. The number of aromatic nitrogens is 4. The van der Waals surface area contributed by atoms with Gasteiger partial charge in [-0.1, -0.05) is 6.92 Å². The highest BCUT2D eigenvalue weighted by molar-refractivity contribution is 6.99. The molecule has 0 spiro atoms. The highest BCUT2D eigenvalue weighted by Crippen LogP contribution is 2.16. The predicted octanol–water partition coefficient (Wildman–Crippen LogP) is 1.55. The zero-order valence-electron chi connectivity index (χ0n) is 7.84. The summed E-state index contributed by atoms with van der Waals surface area (Å²) in [6.45, 7) is 3.02. The van der Waals surface area contributed by atoms with Gasteiger partial charge in [0.1, 0.15) is 6.33 Å². The van der Waals surface area contributed by atoms with Crippen LogP contribution < -0.4 is 5.32 Å². The number of nitrogens with zero attached hydrogens (tertiary/aromatic N) is 4. The molecule has 14 heavy (non-hydrogen) atoms. The first-order valence-corrected chi connectivity index (χ1v) is 5.19. The Kier molecular flexibility index (Phi) is 2.73. The van der Waals surface area contributed by atoms with E-state index in [1.165, 1.54) is 11.7 Å². The van der Waals surface area contributed by atoms with E-state index in [9.17, 15) is 0 Å². The van der Waals surface area contributed by atoms with E-state index in [1.54, 1.807) is 12.5 Å². The zero-order chi connectivity index (χ0) is 9.80. The average Bonchev–Trinajstić information content (AvgIpc) is 2.84. The molecule has 6 heteroatoms. The predicted molar refractivity (Wildman–Crippen MR) is 55.8 cm³/mol. The molecule has 2 aromatic rings. The first kappa shape index (κ1) is 9.14. The van der Waals surface area contributed by atoms with E-state index in [0.29, 0.717) is 0 Å². The third kappa shape index (κ3) is 1.74. The molecule has 0 bridgehead atoms. The molecular formula is C8H11N5S. The fourth-order valence-corrected chi connectivity index (χ4v) is 1.62. The third-order valence-electron chi connectivity index (χ3n) is 1.76. The van der Waals surface area contributed by atoms with E-state index in [0.717, 1.165) is 24.6 Å². The largest absolute Gasteiger partial charge is 0.366 e. The Balaban J connectivity index is 2.22. The van der Waals surface area contributed by atoms with Crippen LogP contribution in [0.3, 0.4) is 0 Å². The summed E-state index contributed by atoms with van der Waals surface area (Å²) < 4.78 is 10.2. The first-order valence-electron chi connectivity index (χ1n) is 4.46. The van der Waals surface area contributed by atoms with Crippen LogP contribution in [0.5, 0.6) is 0 Å². The molecule has 1 N–H and O–H groups in total. The van der Waals surface area contributed by atoms with Crippen molar-refractivity contribution in [1.82, 2.24) is 18.3 Å². The molecule has 2 heterocycles. The Bertz CT molecular complexity index is 380. The average molecular weight is 209 g/mol. The molecule has 0 saturated heterocycles. The van der Waals surface area contributed by atoms with Crippen LogP contribution in [-0.4, -0.2) is 24.8 Å². The van der Waals surface area contributed by atoms with Gasteiger partial charge in [0.2, 0.25) is 0 Å². The molecule has 74 valence electrons.